The van der Waals surface area contributed by atoms with Crippen LogP contribution in [0.25, 0.3) is 11.1 Å². The van der Waals surface area contributed by atoms with Crippen LogP contribution in [0, 0.1) is 0 Å². The fraction of sp³-hybridized carbons (Fsp3) is 0.462. The topological polar surface area (TPSA) is 84.0 Å². The fourth-order valence-electron chi connectivity index (χ4n) is 1.90. The van der Waals surface area contributed by atoms with E-state index in [4.69, 9.17) is 10.2 Å². The van der Waals surface area contributed by atoms with E-state index in [0.29, 0.717) is 5.58 Å². The van der Waals surface area contributed by atoms with Crippen molar-refractivity contribution in [3.63, 3.8) is 0 Å². The predicted octanol–water partition coefficient (Wildman–Crippen LogP) is 0.992. The van der Waals surface area contributed by atoms with E-state index in [1.165, 1.54) is 0 Å². The van der Waals surface area contributed by atoms with Crippen molar-refractivity contribution in [2.75, 3.05) is 19.6 Å². The number of fused-ring (bicyclic) bond motifs is 1. The molecule has 1 heterocycles. The van der Waals surface area contributed by atoms with E-state index in [9.17, 15) is 4.79 Å². The molecule has 4 N–H and O–H groups in total. The standard InChI is InChI=1S/C13H19N3O2/c14-6-1-2-7-15-8-5-10-3-4-11-12(9-10)18-13(17)16-11/h3-4,9,15H,1-2,5-8,14H2,(H,16,17). The molecule has 0 fully saturated rings. The Labute approximate surface area is 105 Å². The van der Waals surface area contributed by atoms with E-state index in [2.05, 4.69) is 10.3 Å². The van der Waals surface area contributed by atoms with Crippen LogP contribution in [0.15, 0.2) is 27.4 Å². The molecule has 0 atom stereocenters. The van der Waals surface area contributed by atoms with Crippen molar-refractivity contribution in [1.29, 1.82) is 0 Å². The molecule has 0 saturated carbocycles. The van der Waals surface area contributed by atoms with Gasteiger partial charge in [-0.2, -0.15) is 0 Å². The van der Waals surface area contributed by atoms with Crippen molar-refractivity contribution in [2.45, 2.75) is 19.3 Å². The average molecular weight is 249 g/mol. The van der Waals surface area contributed by atoms with Gasteiger partial charge in [-0.3, -0.25) is 4.98 Å². The lowest BCUT2D eigenvalue weighted by atomic mass is 10.1. The van der Waals surface area contributed by atoms with Crippen LogP contribution in [-0.4, -0.2) is 24.6 Å². The minimum absolute atomic E-state index is 0.401. The summed E-state index contributed by atoms with van der Waals surface area (Å²) in [5.74, 6) is -0.401. The zero-order valence-corrected chi connectivity index (χ0v) is 10.4. The lowest BCUT2D eigenvalue weighted by Crippen LogP contribution is -2.19. The molecule has 0 radical (unpaired) electrons. The molecule has 1 aromatic heterocycles. The molecule has 1 aromatic carbocycles. The van der Waals surface area contributed by atoms with Gasteiger partial charge in [-0.05, 0) is 56.6 Å². The van der Waals surface area contributed by atoms with Crippen LogP contribution >= 0.6 is 0 Å². The SMILES string of the molecule is NCCCCNCCc1ccc2[nH]c(=O)oc2c1. The zero-order chi connectivity index (χ0) is 12.8. The molecule has 2 rings (SSSR count). The van der Waals surface area contributed by atoms with Gasteiger partial charge in [0.05, 0.1) is 5.52 Å². The highest BCUT2D eigenvalue weighted by molar-refractivity contribution is 5.72. The highest BCUT2D eigenvalue weighted by atomic mass is 16.4. The van der Waals surface area contributed by atoms with Gasteiger partial charge in [0.1, 0.15) is 0 Å². The van der Waals surface area contributed by atoms with Gasteiger partial charge in [-0.25, -0.2) is 4.79 Å². The molecule has 0 aliphatic rings. The second-order valence-electron chi connectivity index (χ2n) is 4.34. The van der Waals surface area contributed by atoms with Crippen molar-refractivity contribution < 1.29 is 4.42 Å². The predicted molar refractivity (Wildman–Crippen MR) is 71.7 cm³/mol. The van der Waals surface area contributed by atoms with Crippen LogP contribution in [0.3, 0.4) is 0 Å². The summed E-state index contributed by atoms with van der Waals surface area (Å²) in [5.41, 5.74) is 7.96. The Kier molecular flexibility index (Phi) is 4.55. The lowest BCUT2D eigenvalue weighted by Gasteiger charge is -2.04. The Morgan fingerprint density at radius 3 is 3.00 bits per heavy atom. The summed E-state index contributed by atoms with van der Waals surface area (Å²) in [5, 5.41) is 3.37. The minimum Gasteiger partial charge on any atom is -0.408 e. The molecule has 0 spiro atoms. The highest BCUT2D eigenvalue weighted by Crippen LogP contribution is 2.12. The van der Waals surface area contributed by atoms with Gasteiger partial charge in [0, 0.05) is 0 Å². The van der Waals surface area contributed by atoms with E-state index in [-0.39, 0.29) is 0 Å². The molecular formula is C13H19N3O2. The minimum atomic E-state index is -0.401. The molecular weight excluding hydrogens is 230 g/mol. The molecule has 0 aliphatic heterocycles. The lowest BCUT2D eigenvalue weighted by molar-refractivity contribution is 0.555. The maximum absolute atomic E-state index is 11.0. The largest absolute Gasteiger partial charge is 0.417 e. The molecule has 0 aliphatic carbocycles. The Morgan fingerprint density at radius 2 is 2.17 bits per heavy atom. The van der Waals surface area contributed by atoms with Gasteiger partial charge < -0.3 is 15.5 Å². The highest BCUT2D eigenvalue weighted by Gasteiger charge is 2.01. The number of benzene rings is 1. The quantitative estimate of drug-likeness (QED) is 0.639. The maximum atomic E-state index is 11.0. The number of H-pyrrole nitrogens is 1. The van der Waals surface area contributed by atoms with Gasteiger partial charge in [0.2, 0.25) is 0 Å². The molecule has 98 valence electrons. The molecule has 2 aromatic rings. The van der Waals surface area contributed by atoms with E-state index in [0.717, 1.165) is 50.0 Å². The number of hydrogen-bond donors (Lipinski definition) is 3. The van der Waals surface area contributed by atoms with E-state index in [1.54, 1.807) is 0 Å². The van der Waals surface area contributed by atoms with Crippen molar-refractivity contribution in [3.05, 3.63) is 34.3 Å². The van der Waals surface area contributed by atoms with Gasteiger partial charge in [-0.15, -0.1) is 0 Å². The first kappa shape index (κ1) is 12.9. The second-order valence-corrected chi connectivity index (χ2v) is 4.34. The monoisotopic (exact) mass is 249 g/mol. The third-order valence-electron chi connectivity index (χ3n) is 2.88. The fourth-order valence-corrected chi connectivity index (χ4v) is 1.90. The third kappa shape index (κ3) is 3.45. The zero-order valence-electron chi connectivity index (χ0n) is 10.4. The first-order valence-corrected chi connectivity index (χ1v) is 6.32. The molecule has 0 amide bonds. The number of rotatable bonds is 7. The van der Waals surface area contributed by atoms with Gasteiger partial charge >= 0.3 is 5.76 Å². The van der Waals surface area contributed by atoms with E-state index >= 15 is 0 Å². The Hall–Kier alpha value is -1.59. The van der Waals surface area contributed by atoms with Crippen molar-refractivity contribution >= 4 is 11.1 Å². The molecule has 0 bridgehead atoms. The summed E-state index contributed by atoms with van der Waals surface area (Å²) in [6.07, 6.45) is 3.10. The van der Waals surface area contributed by atoms with Crippen molar-refractivity contribution in [1.82, 2.24) is 10.3 Å². The summed E-state index contributed by atoms with van der Waals surface area (Å²) in [7, 11) is 0. The summed E-state index contributed by atoms with van der Waals surface area (Å²) < 4.78 is 5.02. The number of aromatic amines is 1. The molecule has 5 nitrogen and oxygen atoms in total. The van der Waals surface area contributed by atoms with Crippen LogP contribution in [0.1, 0.15) is 18.4 Å². The average Bonchev–Trinajstić information content (AvgIpc) is 2.73. The number of oxazole rings is 1. The van der Waals surface area contributed by atoms with Gasteiger partial charge in [-0.1, -0.05) is 6.07 Å². The summed E-state index contributed by atoms with van der Waals surface area (Å²) in [6, 6.07) is 5.80. The Morgan fingerprint density at radius 1 is 1.28 bits per heavy atom. The smallest absolute Gasteiger partial charge is 0.408 e. The number of hydrogen-bond acceptors (Lipinski definition) is 4. The normalized spacial score (nSPS) is 11.2. The van der Waals surface area contributed by atoms with Crippen molar-refractivity contribution in [3.8, 4) is 0 Å². The van der Waals surface area contributed by atoms with E-state index in [1.807, 2.05) is 18.2 Å². The van der Waals surface area contributed by atoms with Crippen molar-refractivity contribution in [2.24, 2.45) is 5.73 Å². The summed E-state index contributed by atoms with van der Waals surface area (Å²) >= 11 is 0. The summed E-state index contributed by atoms with van der Waals surface area (Å²) in [6.45, 7) is 2.67. The number of unbranched alkanes of at least 4 members (excludes halogenated alkanes) is 1. The molecule has 5 heteroatoms. The Balaban J connectivity index is 1.82. The van der Waals surface area contributed by atoms with Gasteiger partial charge in [0.25, 0.3) is 0 Å². The van der Waals surface area contributed by atoms with Crippen LogP contribution in [0.5, 0.6) is 0 Å². The summed E-state index contributed by atoms with van der Waals surface area (Å²) in [4.78, 5) is 13.6. The molecule has 18 heavy (non-hydrogen) atoms. The molecule has 0 unspecified atom stereocenters. The third-order valence-corrected chi connectivity index (χ3v) is 2.88. The first-order chi connectivity index (χ1) is 8.79. The second kappa shape index (κ2) is 6.37. The van der Waals surface area contributed by atoms with Crippen LogP contribution in [0.4, 0.5) is 0 Å². The Bertz CT molecular complexity index is 544. The van der Waals surface area contributed by atoms with Crippen LogP contribution in [0.2, 0.25) is 0 Å². The molecule has 0 saturated heterocycles. The number of nitrogens with two attached hydrogens (primary N) is 1. The van der Waals surface area contributed by atoms with Crippen LogP contribution in [-0.2, 0) is 6.42 Å². The van der Waals surface area contributed by atoms with Crippen LogP contribution < -0.4 is 16.8 Å². The number of aromatic nitrogens is 1. The number of nitrogens with one attached hydrogen (secondary N) is 2. The maximum Gasteiger partial charge on any atom is 0.417 e. The first-order valence-electron chi connectivity index (χ1n) is 6.32. The van der Waals surface area contributed by atoms with Gasteiger partial charge in [0.15, 0.2) is 5.58 Å². The van der Waals surface area contributed by atoms with E-state index < -0.39 is 5.76 Å².